The van der Waals surface area contributed by atoms with Crippen LogP contribution in [0.5, 0.6) is 0 Å². The number of esters is 3. The monoisotopic (exact) mass is 927 g/mol. The number of hydrogen-bond acceptors (Lipinski definition) is 6. The third kappa shape index (κ3) is 52.6. The van der Waals surface area contributed by atoms with Crippen LogP contribution in [0.4, 0.5) is 0 Å². The predicted molar refractivity (Wildman–Crippen MR) is 288 cm³/mol. The molecule has 1 atom stereocenters. The van der Waals surface area contributed by atoms with Gasteiger partial charge in [-0.05, 0) is 103 Å². The zero-order chi connectivity index (χ0) is 48.6. The van der Waals surface area contributed by atoms with Crippen molar-refractivity contribution in [1.29, 1.82) is 0 Å². The zero-order valence-electron chi connectivity index (χ0n) is 43.1. The van der Waals surface area contributed by atoms with Crippen molar-refractivity contribution < 1.29 is 28.6 Å². The summed E-state index contributed by atoms with van der Waals surface area (Å²) in [7, 11) is 0. The van der Waals surface area contributed by atoms with Crippen LogP contribution in [0.3, 0.4) is 0 Å². The summed E-state index contributed by atoms with van der Waals surface area (Å²) in [5.74, 6) is -1.11. The van der Waals surface area contributed by atoms with E-state index in [2.05, 4.69) is 118 Å². The number of carbonyl (C=O) groups is 3. The van der Waals surface area contributed by atoms with Crippen molar-refractivity contribution in [2.75, 3.05) is 13.2 Å². The van der Waals surface area contributed by atoms with Crippen LogP contribution in [0.25, 0.3) is 0 Å². The van der Waals surface area contributed by atoms with Crippen molar-refractivity contribution in [2.24, 2.45) is 0 Å². The predicted octanol–water partition coefficient (Wildman–Crippen LogP) is 18.1. The Bertz CT molecular complexity index is 1440. The molecule has 378 valence electrons. The third-order valence-electron chi connectivity index (χ3n) is 11.0. The van der Waals surface area contributed by atoms with Crippen LogP contribution in [0.1, 0.15) is 226 Å². The number of allylic oxidation sites excluding steroid dienone is 20. The van der Waals surface area contributed by atoms with Crippen LogP contribution < -0.4 is 0 Å². The first-order valence-corrected chi connectivity index (χ1v) is 27.0. The maximum atomic E-state index is 12.7. The van der Waals surface area contributed by atoms with E-state index in [0.717, 1.165) is 77.0 Å². The van der Waals surface area contributed by atoms with Gasteiger partial charge in [0.2, 0.25) is 0 Å². The molecule has 0 aromatic rings. The number of hydrogen-bond donors (Lipinski definition) is 0. The van der Waals surface area contributed by atoms with Crippen molar-refractivity contribution in [1.82, 2.24) is 0 Å². The quantitative estimate of drug-likeness (QED) is 0.0262. The Labute approximate surface area is 412 Å². The van der Waals surface area contributed by atoms with Gasteiger partial charge in [0.25, 0.3) is 0 Å². The van der Waals surface area contributed by atoms with E-state index in [9.17, 15) is 14.4 Å². The van der Waals surface area contributed by atoms with Gasteiger partial charge >= 0.3 is 17.9 Å². The molecule has 0 bridgehead atoms. The van der Waals surface area contributed by atoms with Gasteiger partial charge < -0.3 is 14.2 Å². The van der Waals surface area contributed by atoms with E-state index < -0.39 is 12.1 Å². The van der Waals surface area contributed by atoms with Gasteiger partial charge in [-0.25, -0.2) is 0 Å². The second kappa shape index (κ2) is 54.4. The fourth-order valence-corrected chi connectivity index (χ4v) is 6.97. The third-order valence-corrected chi connectivity index (χ3v) is 11.0. The summed E-state index contributed by atoms with van der Waals surface area (Å²) in [6, 6.07) is 0. The van der Waals surface area contributed by atoms with Gasteiger partial charge in [0, 0.05) is 19.3 Å². The number of rotatable bonds is 47. The Kier molecular flexibility index (Phi) is 51.0. The standard InChI is InChI=1S/C61H98O6/c1-4-7-10-13-16-19-22-25-26-27-28-29-30-31-32-33-34-37-39-42-45-48-51-54-60(63)66-57-58(67-61(64)55-52-49-46-43-40-36-24-21-18-15-12-9-6-3)56-65-59(62)53-50-47-44-41-38-35-23-20-17-14-11-8-5-2/h8-9,11-12,17-18,20-22,25,27-28,35-36,38,40,44,46-47,49,58H,4-7,10,13-16,19,23-24,26,29-34,37,39,41-43,45,48,50-57H2,1-3H3/b11-8-,12-9-,20-17-,21-18-,25-22-,28-27-,38-35-,40-36-,47-44-,49-46-. The van der Waals surface area contributed by atoms with Crippen LogP contribution >= 0.6 is 0 Å². The molecule has 67 heavy (non-hydrogen) atoms. The van der Waals surface area contributed by atoms with Crippen molar-refractivity contribution >= 4 is 17.9 Å². The van der Waals surface area contributed by atoms with Crippen LogP contribution in [0.2, 0.25) is 0 Å². The minimum absolute atomic E-state index is 0.133. The summed E-state index contributed by atoms with van der Waals surface area (Å²) in [6.45, 7) is 6.25. The van der Waals surface area contributed by atoms with E-state index >= 15 is 0 Å². The molecule has 0 aliphatic carbocycles. The van der Waals surface area contributed by atoms with Crippen LogP contribution in [-0.2, 0) is 28.6 Å². The van der Waals surface area contributed by atoms with Gasteiger partial charge in [-0.1, -0.05) is 226 Å². The normalized spacial score (nSPS) is 13.1. The highest BCUT2D eigenvalue weighted by atomic mass is 16.6. The molecule has 0 heterocycles. The van der Waals surface area contributed by atoms with Crippen LogP contribution in [0.15, 0.2) is 122 Å². The Balaban J connectivity index is 4.43. The van der Waals surface area contributed by atoms with Crippen LogP contribution in [0, 0.1) is 0 Å². The van der Waals surface area contributed by atoms with E-state index in [-0.39, 0.29) is 38.0 Å². The highest BCUT2D eigenvalue weighted by Crippen LogP contribution is 2.14. The van der Waals surface area contributed by atoms with Crippen molar-refractivity contribution in [2.45, 2.75) is 232 Å². The molecule has 0 spiro atoms. The molecule has 0 aliphatic rings. The highest BCUT2D eigenvalue weighted by molar-refractivity contribution is 5.71. The van der Waals surface area contributed by atoms with Crippen molar-refractivity contribution in [3.63, 3.8) is 0 Å². The van der Waals surface area contributed by atoms with Crippen molar-refractivity contribution in [3.05, 3.63) is 122 Å². The minimum atomic E-state index is -0.848. The average Bonchev–Trinajstić information content (AvgIpc) is 3.33. The van der Waals surface area contributed by atoms with Gasteiger partial charge in [-0.15, -0.1) is 0 Å². The van der Waals surface area contributed by atoms with Crippen LogP contribution in [-0.4, -0.2) is 37.2 Å². The second-order valence-corrected chi connectivity index (χ2v) is 17.4. The molecular formula is C61H98O6. The summed E-state index contributed by atoms with van der Waals surface area (Å²) < 4.78 is 16.6. The van der Waals surface area contributed by atoms with E-state index in [0.29, 0.717) is 19.3 Å². The molecule has 0 saturated carbocycles. The Morgan fingerprint density at radius 1 is 0.313 bits per heavy atom. The summed E-state index contributed by atoms with van der Waals surface area (Å²) >= 11 is 0. The zero-order valence-corrected chi connectivity index (χ0v) is 43.1. The summed E-state index contributed by atoms with van der Waals surface area (Å²) in [5, 5.41) is 0. The molecule has 0 aliphatic heterocycles. The van der Waals surface area contributed by atoms with Gasteiger partial charge in [-0.2, -0.15) is 0 Å². The van der Waals surface area contributed by atoms with Crippen molar-refractivity contribution in [3.8, 4) is 0 Å². The maximum absolute atomic E-state index is 12.7. The lowest BCUT2D eigenvalue weighted by Gasteiger charge is -2.18. The molecule has 0 radical (unpaired) electrons. The number of carbonyl (C=O) groups excluding carboxylic acids is 3. The molecule has 0 amide bonds. The number of unbranched alkanes of at least 4 members (excludes halogenated alkanes) is 16. The smallest absolute Gasteiger partial charge is 0.306 e. The SMILES string of the molecule is CC/C=C\C/C=C\C/C=C\C/C=C\CCC(=O)OCC(COC(=O)CCCCCCCCCCCCC/C=C\C/C=C\CCCCCCC)OC(=O)CC/C=C\C/C=C\C/C=C\C/C=C\CC. The molecular weight excluding hydrogens is 829 g/mol. The Hall–Kier alpha value is -4.19. The molecule has 0 aromatic carbocycles. The van der Waals surface area contributed by atoms with E-state index in [1.54, 1.807) is 0 Å². The lowest BCUT2D eigenvalue weighted by molar-refractivity contribution is -0.166. The first-order valence-electron chi connectivity index (χ1n) is 27.0. The first-order chi connectivity index (χ1) is 33.0. The largest absolute Gasteiger partial charge is 0.462 e. The van der Waals surface area contributed by atoms with Gasteiger partial charge in [0.1, 0.15) is 13.2 Å². The lowest BCUT2D eigenvalue weighted by atomic mass is 10.0. The van der Waals surface area contributed by atoms with Gasteiger partial charge in [0.15, 0.2) is 6.10 Å². The molecule has 6 heteroatoms. The molecule has 0 saturated heterocycles. The maximum Gasteiger partial charge on any atom is 0.306 e. The Morgan fingerprint density at radius 2 is 0.612 bits per heavy atom. The summed E-state index contributed by atoms with van der Waals surface area (Å²) in [6.07, 6.45) is 75.1. The first kappa shape index (κ1) is 62.8. The van der Waals surface area contributed by atoms with E-state index in [1.807, 2.05) is 24.3 Å². The fourth-order valence-electron chi connectivity index (χ4n) is 6.97. The van der Waals surface area contributed by atoms with E-state index in [4.69, 9.17) is 14.2 Å². The topological polar surface area (TPSA) is 78.9 Å². The average molecular weight is 927 g/mol. The highest BCUT2D eigenvalue weighted by Gasteiger charge is 2.19. The molecule has 0 aromatic heterocycles. The fraction of sp³-hybridized carbons (Fsp3) is 0.623. The van der Waals surface area contributed by atoms with Gasteiger partial charge in [0.05, 0.1) is 0 Å². The second-order valence-electron chi connectivity index (χ2n) is 17.4. The Morgan fingerprint density at radius 3 is 1.00 bits per heavy atom. The molecule has 0 N–H and O–H groups in total. The molecule has 0 fully saturated rings. The molecule has 6 nitrogen and oxygen atoms in total. The van der Waals surface area contributed by atoms with Gasteiger partial charge in [-0.3, -0.25) is 14.4 Å². The summed E-state index contributed by atoms with van der Waals surface area (Å²) in [4.78, 5) is 37.9. The molecule has 0 rings (SSSR count). The summed E-state index contributed by atoms with van der Waals surface area (Å²) in [5.41, 5.74) is 0. The number of ether oxygens (including phenoxy) is 3. The molecule has 1 unspecified atom stereocenters. The minimum Gasteiger partial charge on any atom is -0.462 e. The van der Waals surface area contributed by atoms with E-state index in [1.165, 1.54) is 96.3 Å². The lowest BCUT2D eigenvalue weighted by Crippen LogP contribution is -2.30.